The number of pyridine rings is 1. The van der Waals surface area contributed by atoms with Gasteiger partial charge in [0.25, 0.3) is 0 Å². The Balaban J connectivity index is 2.24. The lowest BCUT2D eigenvalue weighted by Crippen LogP contribution is -2.27. The molecule has 0 saturated carbocycles. The second-order valence-electron chi connectivity index (χ2n) is 4.22. The molecule has 2 rings (SSSR count). The van der Waals surface area contributed by atoms with Gasteiger partial charge in [0.05, 0.1) is 24.9 Å². The highest BCUT2D eigenvalue weighted by Gasteiger charge is 2.36. The van der Waals surface area contributed by atoms with Crippen molar-refractivity contribution in [1.82, 2.24) is 4.98 Å². The van der Waals surface area contributed by atoms with Crippen LogP contribution in [0.1, 0.15) is 12.0 Å². The quantitative estimate of drug-likeness (QED) is 0.603. The number of carbonyl (C=O) groups is 2. The number of methoxy groups -OCH3 is 1. The molecule has 1 unspecified atom stereocenters. The van der Waals surface area contributed by atoms with E-state index in [2.05, 4.69) is 9.72 Å². The lowest BCUT2D eigenvalue weighted by atomic mass is 10.1. The van der Waals surface area contributed by atoms with E-state index >= 15 is 0 Å². The number of rotatable bonds is 2. The molecule has 2 heterocycles. The predicted molar refractivity (Wildman–Crippen MR) is 66.5 cm³/mol. The molecule has 0 spiro atoms. The lowest BCUT2D eigenvalue weighted by Gasteiger charge is -2.18. The van der Waals surface area contributed by atoms with Crippen LogP contribution in [-0.2, 0) is 14.3 Å². The number of aromatic nitrogens is 1. The number of nitrogens with zero attached hydrogens (tertiary/aromatic N) is 2. The summed E-state index contributed by atoms with van der Waals surface area (Å²) < 4.78 is 4.66. The highest BCUT2D eigenvalue weighted by molar-refractivity contribution is 6.29. The number of hydrogen-bond donors (Lipinski definition) is 0. The third kappa shape index (κ3) is 2.31. The minimum absolute atomic E-state index is 0.0994. The standard InChI is InChI=1S/C12H13ClN2O3/c1-7-3-10(13)14-5-9(7)15-6-8(4-11(15)16)12(17)18-2/h3,5,8H,4,6H2,1-2H3. The average Bonchev–Trinajstić information content (AvgIpc) is 2.70. The Kier molecular flexibility index (Phi) is 3.52. The summed E-state index contributed by atoms with van der Waals surface area (Å²) in [5.41, 5.74) is 1.55. The van der Waals surface area contributed by atoms with Crippen LogP contribution in [0.25, 0.3) is 0 Å². The van der Waals surface area contributed by atoms with Crippen molar-refractivity contribution in [1.29, 1.82) is 0 Å². The molecule has 1 atom stereocenters. The van der Waals surface area contributed by atoms with E-state index in [1.165, 1.54) is 7.11 Å². The molecule has 18 heavy (non-hydrogen) atoms. The van der Waals surface area contributed by atoms with Crippen LogP contribution in [0, 0.1) is 12.8 Å². The van der Waals surface area contributed by atoms with Gasteiger partial charge in [0.2, 0.25) is 5.91 Å². The Morgan fingerprint density at radius 3 is 2.94 bits per heavy atom. The number of aryl methyl sites for hydroxylation is 1. The van der Waals surface area contributed by atoms with Crippen molar-refractivity contribution in [2.45, 2.75) is 13.3 Å². The normalized spacial score (nSPS) is 19.2. The second-order valence-corrected chi connectivity index (χ2v) is 4.61. The van der Waals surface area contributed by atoms with Gasteiger partial charge in [-0.1, -0.05) is 11.6 Å². The van der Waals surface area contributed by atoms with Gasteiger partial charge < -0.3 is 9.64 Å². The van der Waals surface area contributed by atoms with Crippen molar-refractivity contribution in [3.63, 3.8) is 0 Å². The van der Waals surface area contributed by atoms with Gasteiger partial charge in [0, 0.05) is 13.0 Å². The number of carbonyl (C=O) groups excluding carboxylic acids is 2. The third-order valence-electron chi connectivity index (χ3n) is 3.00. The first-order valence-corrected chi connectivity index (χ1v) is 5.91. The van der Waals surface area contributed by atoms with Crippen molar-refractivity contribution in [2.75, 3.05) is 18.6 Å². The zero-order chi connectivity index (χ0) is 13.3. The average molecular weight is 269 g/mol. The van der Waals surface area contributed by atoms with Crippen molar-refractivity contribution >= 4 is 29.2 Å². The molecule has 1 aliphatic rings. The van der Waals surface area contributed by atoms with E-state index in [-0.39, 0.29) is 18.3 Å². The molecule has 0 N–H and O–H groups in total. The van der Waals surface area contributed by atoms with Gasteiger partial charge in [-0.3, -0.25) is 9.59 Å². The minimum Gasteiger partial charge on any atom is -0.469 e. The van der Waals surface area contributed by atoms with E-state index < -0.39 is 5.92 Å². The topological polar surface area (TPSA) is 59.5 Å². The molecule has 1 fully saturated rings. The number of halogens is 1. The van der Waals surface area contributed by atoms with Gasteiger partial charge in [-0.15, -0.1) is 0 Å². The summed E-state index contributed by atoms with van der Waals surface area (Å²) in [5, 5.41) is 0.382. The molecular weight excluding hydrogens is 256 g/mol. The van der Waals surface area contributed by atoms with Crippen LogP contribution in [0.5, 0.6) is 0 Å². The molecular formula is C12H13ClN2O3. The Bertz CT molecular complexity index is 504. The number of ether oxygens (including phenoxy) is 1. The van der Waals surface area contributed by atoms with Crippen molar-refractivity contribution in [3.8, 4) is 0 Å². The first-order chi connectivity index (χ1) is 8.52. The molecule has 1 amide bonds. The fourth-order valence-electron chi connectivity index (χ4n) is 2.06. The van der Waals surface area contributed by atoms with Crippen molar-refractivity contribution in [2.24, 2.45) is 5.92 Å². The highest BCUT2D eigenvalue weighted by atomic mass is 35.5. The van der Waals surface area contributed by atoms with Crippen LogP contribution in [0.4, 0.5) is 5.69 Å². The number of amides is 1. The fraction of sp³-hybridized carbons (Fsp3) is 0.417. The van der Waals surface area contributed by atoms with Crippen LogP contribution in [0.3, 0.4) is 0 Å². The van der Waals surface area contributed by atoms with E-state index in [0.717, 1.165) is 5.56 Å². The van der Waals surface area contributed by atoms with E-state index in [1.54, 1.807) is 17.2 Å². The second kappa shape index (κ2) is 4.94. The molecule has 1 aromatic heterocycles. The van der Waals surface area contributed by atoms with Crippen LogP contribution in [-0.4, -0.2) is 30.5 Å². The molecule has 96 valence electrons. The lowest BCUT2D eigenvalue weighted by molar-refractivity contribution is -0.145. The van der Waals surface area contributed by atoms with Crippen LogP contribution in [0.15, 0.2) is 12.3 Å². The maximum absolute atomic E-state index is 11.9. The Hall–Kier alpha value is -1.62. The Morgan fingerprint density at radius 2 is 2.33 bits per heavy atom. The Morgan fingerprint density at radius 1 is 1.61 bits per heavy atom. The van der Waals surface area contributed by atoms with Gasteiger partial charge in [-0.25, -0.2) is 4.98 Å². The number of esters is 1. The molecule has 0 aliphatic carbocycles. The van der Waals surface area contributed by atoms with Crippen molar-refractivity contribution < 1.29 is 14.3 Å². The van der Waals surface area contributed by atoms with Crippen LogP contribution < -0.4 is 4.90 Å². The SMILES string of the molecule is COC(=O)C1CC(=O)N(c2cnc(Cl)cc2C)C1. The summed E-state index contributed by atoms with van der Waals surface area (Å²) in [5.74, 6) is -0.861. The summed E-state index contributed by atoms with van der Waals surface area (Å²) >= 11 is 5.77. The van der Waals surface area contributed by atoms with Crippen LogP contribution in [0.2, 0.25) is 5.15 Å². The van der Waals surface area contributed by atoms with Gasteiger partial charge in [-0.05, 0) is 18.6 Å². The summed E-state index contributed by atoms with van der Waals surface area (Å²) in [6.07, 6.45) is 1.73. The fourth-order valence-corrected chi connectivity index (χ4v) is 2.27. The zero-order valence-corrected chi connectivity index (χ0v) is 10.9. The number of hydrogen-bond acceptors (Lipinski definition) is 4. The van der Waals surface area contributed by atoms with Gasteiger partial charge in [0.1, 0.15) is 5.15 Å². The molecule has 1 aromatic rings. The van der Waals surface area contributed by atoms with Crippen LogP contribution >= 0.6 is 11.6 Å². The molecule has 1 aliphatic heterocycles. The number of anilines is 1. The molecule has 5 nitrogen and oxygen atoms in total. The first kappa shape index (κ1) is 12.8. The monoisotopic (exact) mass is 268 g/mol. The van der Waals surface area contributed by atoms with Crippen molar-refractivity contribution in [3.05, 3.63) is 23.0 Å². The summed E-state index contributed by atoms with van der Waals surface area (Å²) in [6.45, 7) is 2.18. The van der Waals surface area contributed by atoms with Gasteiger partial charge in [0.15, 0.2) is 0 Å². The summed E-state index contributed by atoms with van der Waals surface area (Å²) in [4.78, 5) is 28.9. The summed E-state index contributed by atoms with van der Waals surface area (Å²) in [7, 11) is 1.32. The molecule has 1 saturated heterocycles. The maximum Gasteiger partial charge on any atom is 0.311 e. The van der Waals surface area contributed by atoms with E-state index in [0.29, 0.717) is 17.4 Å². The molecule has 0 aromatic carbocycles. The van der Waals surface area contributed by atoms with Gasteiger partial charge >= 0.3 is 5.97 Å². The smallest absolute Gasteiger partial charge is 0.311 e. The maximum atomic E-state index is 11.9. The predicted octanol–water partition coefficient (Wildman–Crippen LogP) is 1.57. The Labute approximate surface area is 110 Å². The highest BCUT2D eigenvalue weighted by Crippen LogP contribution is 2.28. The molecule has 0 radical (unpaired) electrons. The minimum atomic E-state index is -0.405. The third-order valence-corrected chi connectivity index (χ3v) is 3.21. The van der Waals surface area contributed by atoms with E-state index in [9.17, 15) is 9.59 Å². The van der Waals surface area contributed by atoms with Gasteiger partial charge in [-0.2, -0.15) is 0 Å². The molecule has 0 bridgehead atoms. The van der Waals surface area contributed by atoms with E-state index in [1.807, 2.05) is 6.92 Å². The molecule has 6 heteroatoms. The first-order valence-electron chi connectivity index (χ1n) is 5.53. The summed E-state index contributed by atoms with van der Waals surface area (Å²) in [6, 6.07) is 1.69. The largest absolute Gasteiger partial charge is 0.469 e. The zero-order valence-electron chi connectivity index (χ0n) is 10.1. The van der Waals surface area contributed by atoms with E-state index in [4.69, 9.17) is 11.6 Å².